The van der Waals surface area contributed by atoms with Gasteiger partial charge in [0.05, 0.1) is 5.52 Å². The van der Waals surface area contributed by atoms with Gasteiger partial charge in [0.2, 0.25) is 0 Å². The van der Waals surface area contributed by atoms with Gasteiger partial charge in [-0.1, -0.05) is 30.3 Å². The average molecular weight is 317 g/mol. The van der Waals surface area contributed by atoms with Gasteiger partial charge in [0, 0.05) is 30.5 Å². The minimum absolute atomic E-state index is 0.766. The third-order valence-corrected chi connectivity index (χ3v) is 4.23. The Morgan fingerprint density at radius 1 is 1.12 bits per heavy atom. The molecular formula is C19H19N5. The van der Waals surface area contributed by atoms with E-state index in [1.165, 1.54) is 16.5 Å². The van der Waals surface area contributed by atoms with Crippen molar-refractivity contribution in [3.8, 4) is 11.4 Å². The van der Waals surface area contributed by atoms with E-state index in [0.717, 1.165) is 30.2 Å². The maximum absolute atomic E-state index is 4.23. The molecule has 2 heterocycles. The second-order valence-electron chi connectivity index (χ2n) is 5.73. The number of nitrogens with zero attached hydrogens (tertiary/aromatic N) is 3. The number of fused-ring (bicyclic) bond motifs is 1. The summed E-state index contributed by atoms with van der Waals surface area (Å²) >= 11 is 0. The number of benzene rings is 2. The van der Waals surface area contributed by atoms with Gasteiger partial charge in [0.25, 0.3) is 0 Å². The van der Waals surface area contributed by atoms with E-state index in [1.54, 1.807) is 6.33 Å². The maximum atomic E-state index is 4.23. The molecule has 24 heavy (non-hydrogen) atoms. The van der Waals surface area contributed by atoms with Crippen LogP contribution in [0.2, 0.25) is 0 Å². The molecule has 0 fully saturated rings. The Morgan fingerprint density at radius 3 is 2.96 bits per heavy atom. The van der Waals surface area contributed by atoms with Crippen molar-refractivity contribution in [1.29, 1.82) is 0 Å². The molecule has 0 unspecified atom stereocenters. The van der Waals surface area contributed by atoms with Crippen LogP contribution in [0.15, 0.2) is 61.1 Å². The van der Waals surface area contributed by atoms with Crippen molar-refractivity contribution in [2.75, 3.05) is 5.32 Å². The van der Waals surface area contributed by atoms with Crippen LogP contribution in [0.1, 0.15) is 12.5 Å². The Bertz CT molecular complexity index is 966. The molecule has 0 saturated heterocycles. The van der Waals surface area contributed by atoms with Crippen LogP contribution in [-0.2, 0) is 13.1 Å². The van der Waals surface area contributed by atoms with Crippen LogP contribution >= 0.6 is 0 Å². The Kier molecular flexibility index (Phi) is 3.75. The molecule has 2 aromatic carbocycles. The molecule has 4 rings (SSSR count). The van der Waals surface area contributed by atoms with Crippen molar-refractivity contribution in [2.45, 2.75) is 20.0 Å². The molecule has 2 N–H and O–H groups in total. The zero-order chi connectivity index (χ0) is 16.4. The fraction of sp³-hybridized carbons (Fsp3) is 0.158. The standard InChI is InChI=1S/C19H19N5/c1-2-24-13-22-23-19(24)15-6-4-8-17(11-15)21-12-16-7-3-5-14-9-10-20-18(14)16/h3-11,13,20-21H,2,12H2,1H3. The summed E-state index contributed by atoms with van der Waals surface area (Å²) in [7, 11) is 0. The number of hydrogen-bond donors (Lipinski definition) is 2. The molecule has 0 amide bonds. The van der Waals surface area contributed by atoms with E-state index in [0.29, 0.717) is 0 Å². The SMILES string of the molecule is CCn1cnnc1-c1cccc(NCc2cccc3cc[nH]c23)c1. The van der Waals surface area contributed by atoms with Crippen LogP contribution in [0.4, 0.5) is 5.69 Å². The van der Waals surface area contributed by atoms with Gasteiger partial charge in [-0.15, -0.1) is 10.2 Å². The van der Waals surface area contributed by atoms with Gasteiger partial charge in [0.15, 0.2) is 5.82 Å². The molecule has 120 valence electrons. The summed E-state index contributed by atoms with van der Waals surface area (Å²) in [6.07, 6.45) is 3.74. The molecule has 0 aliphatic rings. The minimum Gasteiger partial charge on any atom is -0.381 e. The Morgan fingerprint density at radius 2 is 2.04 bits per heavy atom. The van der Waals surface area contributed by atoms with Gasteiger partial charge in [-0.2, -0.15) is 0 Å². The van der Waals surface area contributed by atoms with E-state index in [4.69, 9.17) is 0 Å². The molecule has 0 bridgehead atoms. The second kappa shape index (κ2) is 6.20. The van der Waals surface area contributed by atoms with Crippen LogP contribution in [0.5, 0.6) is 0 Å². The summed E-state index contributed by atoms with van der Waals surface area (Å²) in [5.41, 5.74) is 4.57. The van der Waals surface area contributed by atoms with Crippen LogP contribution in [-0.4, -0.2) is 19.7 Å². The molecule has 5 heteroatoms. The Balaban J connectivity index is 1.57. The Hall–Kier alpha value is -3.08. The third-order valence-electron chi connectivity index (χ3n) is 4.23. The van der Waals surface area contributed by atoms with E-state index < -0.39 is 0 Å². The number of aryl methyl sites for hydroxylation is 1. The highest BCUT2D eigenvalue weighted by Crippen LogP contribution is 2.22. The fourth-order valence-corrected chi connectivity index (χ4v) is 2.97. The molecule has 0 saturated carbocycles. The lowest BCUT2D eigenvalue weighted by molar-refractivity contribution is 0.767. The zero-order valence-electron chi connectivity index (χ0n) is 13.5. The van der Waals surface area contributed by atoms with Gasteiger partial charge in [-0.05, 0) is 36.1 Å². The molecule has 0 radical (unpaired) electrons. The highest BCUT2D eigenvalue weighted by Gasteiger charge is 2.07. The Labute approximate surface area is 140 Å². The number of rotatable bonds is 5. The van der Waals surface area contributed by atoms with Gasteiger partial charge in [-0.3, -0.25) is 0 Å². The van der Waals surface area contributed by atoms with Gasteiger partial charge >= 0.3 is 0 Å². The first-order chi connectivity index (χ1) is 11.8. The van der Waals surface area contributed by atoms with Gasteiger partial charge in [-0.25, -0.2) is 0 Å². The monoisotopic (exact) mass is 317 g/mol. The van der Waals surface area contributed by atoms with Crippen molar-refractivity contribution >= 4 is 16.6 Å². The number of nitrogens with one attached hydrogen (secondary N) is 2. The molecule has 2 aromatic heterocycles. The van der Waals surface area contributed by atoms with Crippen molar-refractivity contribution in [3.63, 3.8) is 0 Å². The first-order valence-corrected chi connectivity index (χ1v) is 8.12. The predicted octanol–water partition coefficient (Wildman–Crippen LogP) is 4.06. The second-order valence-corrected chi connectivity index (χ2v) is 5.73. The fourth-order valence-electron chi connectivity index (χ4n) is 2.97. The number of aromatic amines is 1. The topological polar surface area (TPSA) is 58.5 Å². The largest absolute Gasteiger partial charge is 0.381 e. The van der Waals surface area contributed by atoms with Crippen molar-refractivity contribution in [3.05, 3.63) is 66.6 Å². The van der Waals surface area contributed by atoms with E-state index in [-0.39, 0.29) is 0 Å². The number of anilines is 1. The summed E-state index contributed by atoms with van der Waals surface area (Å²) < 4.78 is 2.04. The number of hydrogen-bond acceptors (Lipinski definition) is 3. The normalized spacial score (nSPS) is 11.0. The van der Waals surface area contributed by atoms with Crippen molar-refractivity contribution < 1.29 is 0 Å². The molecule has 0 aliphatic heterocycles. The molecular weight excluding hydrogens is 298 g/mol. The van der Waals surface area contributed by atoms with Crippen LogP contribution in [0.3, 0.4) is 0 Å². The summed E-state index contributed by atoms with van der Waals surface area (Å²) in [4.78, 5) is 3.31. The van der Waals surface area contributed by atoms with E-state index in [2.05, 4.69) is 69.9 Å². The quantitative estimate of drug-likeness (QED) is 0.583. The summed E-state index contributed by atoms with van der Waals surface area (Å²) in [6, 6.07) is 16.7. The zero-order valence-corrected chi connectivity index (χ0v) is 13.5. The average Bonchev–Trinajstić information content (AvgIpc) is 3.29. The summed E-state index contributed by atoms with van der Waals surface area (Å²) in [6.45, 7) is 3.71. The summed E-state index contributed by atoms with van der Waals surface area (Å²) in [5.74, 6) is 0.896. The van der Waals surface area contributed by atoms with E-state index in [9.17, 15) is 0 Å². The molecule has 5 nitrogen and oxygen atoms in total. The molecule has 4 aromatic rings. The third kappa shape index (κ3) is 2.65. The lowest BCUT2D eigenvalue weighted by atomic mass is 10.1. The molecule has 0 aliphatic carbocycles. The van der Waals surface area contributed by atoms with Crippen molar-refractivity contribution in [1.82, 2.24) is 19.7 Å². The van der Waals surface area contributed by atoms with E-state index >= 15 is 0 Å². The minimum atomic E-state index is 0.766. The predicted molar refractivity (Wildman–Crippen MR) is 96.8 cm³/mol. The first-order valence-electron chi connectivity index (χ1n) is 8.12. The number of para-hydroxylation sites is 1. The van der Waals surface area contributed by atoms with Crippen molar-refractivity contribution in [2.24, 2.45) is 0 Å². The molecule has 0 spiro atoms. The lowest BCUT2D eigenvalue weighted by Crippen LogP contribution is -2.01. The smallest absolute Gasteiger partial charge is 0.163 e. The van der Waals surface area contributed by atoms with Crippen LogP contribution in [0.25, 0.3) is 22.3 Å². The number of H-pyrrole nitrogens is 1. The summed E-state index contributed by atoms with van der Waals surface area (Å²) in [5, 5.41) is 13.0. The molecule has 0 atom stereocenters. The highest BCUT2D eigenvalue weighted by atomic mass is 15.3. The van der Waals surface area contributed by atoms with Crippen LogP contribution < -0.4 is 5.32 Å². The first kappa shape index (κ1) is 14.5. The van der Waals surface area contributed by atoms with Crippen LogP contribution in [0, 0.1) is 0 Å². The van der Waals surface area contributed by atoms with E-state index in [1.807, 2.05) is 16.8 Å². The maximum Gasteiger partial charge on any atom is 0.163 e. The highest BCUT2D eigenvalue weighted by molar-refractivity contribution is 5.82. The van der Waals surface area contributed by atoms with Gasteiger partial charge in [0.1, 0.15) is 6.33 Å². The van der Waals surface area contributed by atoms with Gasteiger partial charge < -0.3 is 14.9 Å². The number of aromatic nitrogens is 4. The lowest BCUT2D eigenvalue weighted by Gasteiger charge is -2.10.